The molecule has 2 N–H and O–H groups in total. The molecule has 0 fully saturated rings. The zero-order chi connectivity index (χ0) is 12.7. The number of hydrogen-bond acceptors (Lipinski definition) is 3. The third-order valence-electron chi connectivity index (χ3n) is 2.44. The summed E-state index contributed by atoms with van der Waals surface area (Å²) in [6, 6.07) is 9.60. The van der Waals surface area contributed by atoms with Crippen LogP contribution in [0.25, 0.3) is 0 Å². The number of rotatable bonds is 7. The average molecular weight is 256 g/mol. The highest BCUT2D eigenvalue weighted by atomic mass is 32.2. The predicted octanol–water partition coefficient (Wildman–Crippen LogP) is 1.19. The number of nitrogens with zero attached hydrogens (tertiary/aromatic N) is 1. The van der Waals surface area contributed by atoms with E-state index >= 15 is 0 Å². The van der Waals surface area contributed by atoms with Crippen molar-refractivity contribution in [3.05, 3.63) is 35.9 Å². The summed E-state index contributed by atoms with van der Waals surface area (Å²) in [6.07, 6.45) is 0.802. The van der Waals surface area contributed by atoms with Crippen LogP contribution in [0.4, 0.5) is 0 Å². The van der Waals surface area contributed by atoms with Crippen molar-refractivity contribution in [2.75, 3.05) is 18.8 Å². The second-order valence-corrected chi connectivity index (χ2v) is 6.01. The minimum atomic E-state index is -3.22. The Morgan fingerprint density at radius 3 is 2.41 bits per heavy atom. The molecule has 0 atom stereocenters. The van der Waals surface area contributed by atoms with Crippen LogP contribution in [0, 0.1) is 0 Å². The van der Waals surface area contributed by atoms with Crippen LogP contribution in [0.5, 0.6) is 0 Å². The molecular weight excluding hydrogens is 236 g/mol. The lowest BCUT2D eigenvalue weighted by Gasteiger charge is -2.21. The first-order valence-corrected chi connectivity index (χ1v) is 7.43. The van der Waals surface area contributed by atoms with Crippen LogP contribution in [0.15, 0.2) is 30.3 Å². The SMILES string of the molecule is CCCN(Cc1ccccc1)S(=O)(=O)CCN. The Morgan fingerprint density at radius 1 is 1.24 bits per heavy atom. The fourth-order valence-corrected chi connectivity index (χ4v) is 2.99. The van der Waals surface area contributed by atoms with Crippen molar-refractivity contribution in [1.29, 1.82) is 0 Å². The van der Waals surface area contributed by atoms with Gasteiger partial charge in [-0.3, -0.25) is 0 Å². The maximum absolute atomic E-state index is 12.0. The molecule has 0 radical (unpaired) electrons. The minimum absolute atomic E-state index is 0.0137. The van der Waals surface area contributed by atoms with Crippen LogP contribution in [-0.2, 0) is 16.6 Å². The molecule has 0 saturated carbocycles. The first-order valence-electron chi connectivity index (χ1n) is 5.82. The zero-order valence-electron chi connectivity index (χ0n) is 10.2. The van der Waals surface area contributed by atoms with Gasteiger partial charge in [0.2, 0.25) is 10.0 Å². The van der Waals surface area contributed by atoms with E-state index < -0.39 is 10.0 Å². The highest BCUT2D eigenvalue weighted by Gasteiger charge is 2.20. The van der Waals surface area contributed by atoms with Crippen molar-refractivity contribution in [1.82, 2.24) is 4.31 Å². The van der Waals surface area contributed by atoms with Gasteiger partial charge in [-0.05, 0) is 12.0 Å². The van der Waals surface area contributed by atoms with E-state index in [1.54, 1.807) is 0 Å². The number of sulfonamides is 1. The third kappa shape index (κ3) is 4.46. The fraction of sp³-hybridized carbons (Fsp3) is 0.500. The number of hydrogen-bond donors (Lipinski definition) is 1. The third-order valence-corrected chi connectivity index (χ3v) is 4.29. The molecule has 0 aliphatic carbocycles. The van der Waals surface area contributed by atoms with Crippen molar-refractivity contribution in [2.45, 2.75) is 19.9 Å². The molecule has 0 heterocycles. The molecule has 0 saturated heterocycles. The summed E-state index contributed by atoms with van der Waals surface area (Å²) in [7, 11) is -3.22. The van der Waals surface area contributed by atoms with Gasteiger partial charge in [0.25, 0.3) is 0 Å². The summed E-state index contributed by atoms with van der Waals surface area (Å²) in [5.74, 6) is 0.0137. The summed E-state index contributed by atoms with van der Waals surface area (Å²) in [5, 5.41) is 0. The second kappa shape index (κ2) is 6.74. The normalized spacial score (nSPS) is 11.9. The quantitative estimate of drug-likeness (QED) is 0.797. The van der Waals surface area contributed by atoms with Gasteiger partial charge in [0, 0.05) is 19.6 Å². The van der Waals surface area contributed by atoms with Crippen molar-refractivity contribution < 1.29 is 8.42 Å². The largest absolute Gasteiger partial charge is 0.329 e. The number of benzene rings is 1. The Bertz CT molecular complexity index is 417. The molecular formula is C12H20N2O2S. The van der Waals surface area contributed by atoms with Gasteiger partial charge in [-0.1, -0.05) is 37.3 Å². The monoisotopic (exact) mass is 256 g/mol. The van der Waals surface area contributed by atoms with Gasteiger partial charge >= 0.3 is 0 Å². The van der Waals surface area contributed by atoms with Crippen molar-refractivity contribution >= 4 is 10.0 Å². The summed E-state index contributed by atoms with van der Waals surface area (Å²) < 4.78 is 25.5. The van der Waals surface area contributed by atoms with Crippen LogP contribution in [0.2, 0.25) is 0 Å². The first kappa shape index (κ1) is 14.2. The standard InChI is InChI=1S/C12H20N2O2S/c1-2-9-14(17(15,16)10-8-13)11-12-6-4-3-5-7-12/h3-7H,2,8-11,13H2,1H3. The molecule has 4 nitrogen and oxygen atoms in total. The van der Waals surface area contributed by atoms with E-state index in [0.717, 1.165) is 12.0 Å². The second-order valence-electron chi connectivity index (χ2n) is 3.92. The average Bonchev–Trinajstić information content (AvgIpc) is 2.30. The van der Waals surface area contributed by atoms with E-state index in [9.17, 15) is 8.42 Å². The van der Waals surface area contributed by atoms with Gasteiger partial charge in [-0.15, -0.1) is 0 Å². The molecule has 1 aromatic rings. The molecule has 0 spiro atoms. The minimum Gasteiger partial charge on any atom is -0.329 e. The predicted molar refractivity (Wildman–Crippen MR) is 70.0 cm³/mol. The van der Waals surface area contributed by atoms with Crippen molar-refractivity contribution in [2.24, 2.45) is 5.73 Å². The van der Waals surface area contributed by atoms with E-state index in [0.29, 0.717) is 13.1 Å². The summed E-state index contributed by atoms with van der Waals surface area (Å²) in [5.41, 5.74) is 6.34. The van der Waals surface area contributed by atoms with E-state index in [2.05, 4.69) is 0 Å². The van der Waals surface area contributed by atoms with Crippen LogP contribution >= 0.6 is 0 Å². The molecule has 0 aliphatic rings. The smallest absolute Gasteiger partial charge is 0.215 e. The van der Waals surface area contributed by atoms with Crippen LogP contribution < -0.4 is 5.73 Å². The van der Waals surface area contributed by atoms with Gasteiger partial charge in [0.05, 0.1) is 5.75 Å². The maximum Gasteiger partial charge on any atom is 0.215 e. The lowest BCUT2D eigenvalue weighted by molar-refractivity contribution is 0.406. The Labute approximate surface area is 103 Å². The topological polar surface area (TPSA) is 63.4 Å². The Balaban J connectivity index is 2.80. The molecule has 0 bridgehead atoms. The van der Waals surface area contributed by atoms with Gasteiger partial charge in [0.15, 0.2) is 0 Å². The molecule has 17 heavy (non-hydrogen) atoms. The Kier molecular flexibility index (Phi) is 5.61. The van der Waals surface area contributed by atoms with E-state index in [1.807, 2.05) is 37.3 Å². The van der Waals surface area contributed by atoms with E-state index in [4.69, 9.17) is 5.73 Å². The van der Waals surface area contributed by atoms with Crippen LogP contribution in [0.3, 0.4) is 0 Å². The van der Waals surface area contributed by atoms with Crippen LogP contribution in [-0.4, -0.2) is 31.6 Å². The number of nitrogens with two attached hydrogens (primary N) is 1. The Hall–Kier alpha value is -0.910. The van der Waals surface area contributed by atoms with E-state index in [1.165, 1.54) is 4.31 Å². The summed E-state index contributed by atoms with van der Waals surface area (Å²) >= 11 is 0. The maximum atomic E-state index is 12.0. The lowest BCUT2D eigenvalue weighted by atomic mass is 10.2. The van der Waals surface area contributed by atoms with Gasteiger partial charge in [0.1, 0.15) is 0 Å². The van der Waals surface area contributed by atoms with Gasteiger partial charge in [-0.25, -0.2) is 8.42 Å². The molecule has 0 aromatic heterocycles. The molecule has 0 aliphatic heterocycles. The highest BCUT2D eigenvalue weighted by molar-refractivity contribution is 7.89. The van der Waals surface area contributed by atoms with E-state index in [-0.39, 0.29) is 12.3 Å². The molecule has 1 rings (SSSR count). The van der Waals surface area contributed by atoms with Gasteiger partial charge in [-0.2, -0.15) is 4.31 Å². The Morgan fingerprint density at radius 2 is 1.88 bits per heavy atom. The first-order chi connectivity index (χ1) is 8.10. The molecule has 0 amide bonds. The highest BCUT2D eigenvalue weighted by Crippen LogP contribution is 2.10. The summed E-state index contributed by atoms with van der Waals surface area (Å²) in [6.45, 7) is 3.10. The fourth-order valence-electron chi connectivity index (χ4n) is 1.63. The van der Waals surface area contributed by atoms with Crippen molar-refractivity contribution in [3.63, 3.8) is 0 Å². The molecule has 96 valence electrons. The van der Waals surface area contributed by atoms with Crippen molar-refractivity contribution in [3.8, 4) is 0 Å². The van der Waals surface area contributed by atoms with Gasteiger partial charge < -0.3 is 5.73 Å². The molecule has 1 aromatic carbocycles. The lowest BCUT2D eigenvalue weighted by Crippen LogP contribution is -2.35. The molecule has 5 heteroatoms. The summed E-state index contributed by atoms with van der Waals surface area (Å²) in [4.78, 5) is 0. The zero-order valence-corrected chi connectivity index (χ0v) is 11.0. The molecule has 0 unspecified atom stereocenters. The van der Waals surface area contributed by atoms with Crippen LogP contribution in [0.1, 0.15) is 18.9 Å².